The van der Waals surface area contributed by atoms with Gasteiger partial charge in [-0.3, -0.25) is 9.69 Å². The first kappa shape index (κ1) is 10.3. The second-order valence-corrected chi connectivity index (χ2v) is 5.58. The van der Waals surface area contributed by atoms with E-state index in [1.54, 1.807) is 0 Å². The summed E-state index contributed by atoms with van der Waals surface area (Å²) < 4.78 is 0. The standard InChI is InChI=1S/C15H16N2O/c1-17-8-10(18)6-12-11-3-2-4-13-15(11)9(7-16-13)5-14(12)17/h2-4,6,9,14,16H,5,7-8H2,1H3/t9-,14-/m1/s1. The van der Waals surface area contributed by atoms with Gasteiger partial charge in [0.25, 0.3) is 0 Å². The molecule has 0 unspecified atom stereocenters. The smallest absolute Gasteiger partial charge is 0.170 e. The van der Waals surface area contributed by atoms with Crippen LogP contribution in [0.15, 0.2) is 24.3 Å². The van der Waals surface area contributed by atoms with Crippen LogP contribution in [0.2, 0.25) is 0 Å². The summed E-state index contributed by atoms with van der Waals surface area (Å²) >= 11 is 0. The second-order valence-electron chi connectivity index (χ2n) is 5.58. The third kappa shape index (κ3) is 1.25. The molecule has 1 aromatic rings. The number of carbonyl (C=O) groups excluding carboxylic acids is 1. The summed E-state index contributed by atoms with van der Waals surface area (Å²) in [7, 11) is 2.06. The average Bonchev–Trinajstić information content (AvgIpc) is 2.76. The van der Waals surface area contributed by atoms with Crippen LogP contribution in [0.1, 0.15) is 23.5 Å². The zero-order chi connectivity index (χ0) is 12.3. The Labute approximate surface area is 106 Å². The van der Waals surface area contributed by atoms with Crippen molar-refractivity contribution in [2.24, 2.45) is 0 Å². The number of hydrogen-bond donors (Lipinski definition) is 1. The molecule has 0 aromatic heterocycles. The predicted octanol–water partition coefficient (Wildman–Crippen LogP) is 1.87. The molecule has 2 atom stereocenters. The fourth-order valence-electron chi connectivity index (χ4n) is 3.69. The van der Waals surface area contributed by atoms with Gasteiger partial charge in [-0.15, -0.1) is 0 Å². The number of ketones is 1. The van der Waals surface area contributed by atoms with Crippen LogP contribution >= 0.6 is 0 Å². The Morgan fingerprint density at radius 2 is 2.28 bits per heavy atom. The maximum absolute atomic E-state index is 11.8. The van der Waals surface area contributed by atoms with Crippen molar-refractivity contribution in [2.45, 2.75) is 18.4 Å². The lowest BCUT2D eigenvalue weighted by molar-refractivity contribution is -0.116. The highest BCUT2D eigenvalue weighted by molar-refractivity contribution is 6.02. The average molecular weight is 240 g/mol. The van der Waals surface area contributed by atoms with Crippen molar-refractivity contribution in [3.8, 4) is 0 Å². The quantitative estimate of drug-likeness (QED) is 0.751. The number of rotatable bonds is 0. The molecule has 0 saturated carbocycles. The number of carbonyl (C=O) groups is 1. The van der Waals surface area contributed by atoms with Crippen molar-refractivity contribution >= 4 is 17.0 Å². The zero-order valence-electron chi connectivity index (χ0n) is 10.4. The molecular weight excluding hydrogens is 224 g/mol. The summed E-state index contributed by atoms with van der Waals surface area (Å²) in [5, 5.41) is 3.49. The van der Waals surface area contributed by atoms with Gasteiger partial charge in [0.15, 0.2) is 5.78 Å². The summed E-state index contributed by atoms with van der Waals surface area (Å²) in [6.07, 6.45) is 3.00. The van der Waals surface area contributed by atoms with E-state index in [1.807, 2.05) is 6.08 Å². The third-order valence-corrected chi connectivity index (χ3v) is 4.48. The van der Waals surface area contributed by atoms with Gasteiger partial charge in [-0.05, 0) is 42.3 Å². The van der Waals surface area contributed by atoms with Gasteiger partial charge in [-0.25, -0.2) is 0 Å². The van der Waals surface area contributed by atoms with Crippen molar-refractivity contribution in [3.63, 3.8) is 0 Å². The lowest BCUT2D eigenvalue weighted by atomic mass is 9.76. The minimum atomic E-state index is 0.228. The van der Waals surface area contributed by atoms with Gasteiger partial charge >= 0.3 is 0 Å². The van der Waals surface area contributed by atoms with Crippen LogP contribution in [-0.2, 0) is 4.79 Å². The first-order chi connectivity index (χ1) is 8.74. The molecule has 1 N–H and O–H groups in total. The van der Waals surface area contributed by atoms with E-state index in [1.165, 1.54) is 22.4 Å². The topological polar surface area (TPSA) is 32.3 Å². The number of nitrogens with zero attached hydrogens (tertiary/aromatic N) is 1. The summed E-state index contributed by atoms with van der Waals surface area (Å²) in [4.78, 5) is 14.0. The molecule has 3 heteroatoms. The zero-order valence-corrected chi connectivity index (χ0v) is 10.4. The van der Waals surface area contributed by atoms with E-state index >= 15 is 0 Å². The lowest BCUT2D eigenvalue weighted by Crippen LogP contribution is -2.43. The molecule has 0 radical (unpaired) electrons. The Morgan fingerprint density at radius 1 is 1.39 bits per heavy atom. The van der Waals surface area contributed by atoms with Gasteiger partial charge in [-0.2, -0.15) is 0 Å². The fraction of sp³-hybridized carbons (Fsp3) is 0.400. The number of likely N-dealkylation sites (N-methyl/N-ethyl adjacent to an activating group) is 1. The van der Waals surface area contributed by atoms with E-state index in [4.69, 9.17) is 0 Å². The van der Waals surface area contributed by atoms with Crippen molar-refractivity contribution in [2.75, 3.05) is 25.5 Å². The van der Waals surface area contributed by atoms with Crippen LogP contribution in [0.4, 0.5) is 5.69 Å². The minimum absolute atomic E-state index is 0.228. The lowest BCUT2D eigenvalue weighted by Gasteiger charge is -2.39. The molecule has 2 heterocycles. The van der Waals surface area contributed by atoms with Gasteiger partial charge < -0.3 is 5.32 Å². The highest BCUT2D eigenvalue weighted by atomic mass is 16.1. The first-order valence-electron chi connectivity index (χ1n) is 6.56. The van der Waals surface area contributed by atoms with Crippen molar-refractivity contribution in [1.29, 1.82) is 0 Å². The Balaban J connectivity index is 1.95. The van der Waals surface area contributed by atoms with E-state index in [0.717, 1.165) is 13.0 Å². The monoisotopic (exact) mass is 240 g/mol. The molecule has 0 saturated heterocycles. The van der Waals surface area contributed by atoms with E-state index < -0.39 is 0 Å². The Bertz CT molecular complexity index is 576. The van der Waals surface area contributed by atoms with Crippen LogP contribution in [0.3, 0.4) is 0 Å². The highest BCUT2D eigenvalue weighted by Gasteiger charge is 2.39. The van der Waals surface area contributed by atoms with Crippen LogP contribution in [0.5, 0.6) is 0 Å². The molecule has 0 bridgehead atoms. The molecule has 3 aliphatic rings. The number of nitrogens with one attached hydrogen (secondary N) is 1. The van der Waals surface area contributed by atoms with Crippen molar-refractivity contribution in [1.82, 2.24) is 4.90 Å². The Kier molecular flexibility index (Phi) is 1.98. The minimum Gasteiger partial charge on any atom is -0.384 e. The van der Waals surface area contributed by atoms with Gasteiger partial charge in [0.05, 0.1) is 6.54 Å². The Morgan fingerprint density at radius 3 is 3.17 bits per heavy atom. The van der Waals surface area contributed by atoms with Crippen molar-refractivity contribution in [3.05, 3.63) is 35.4 Å². The fourth-order valence-corrected chi connectivity index (χ4v) is 3.69. The molecule has 0 spiro atoms. The molecule has 2 aliphatic heterocycles. The SMILES string of the molecule is CN1CC(=O)C=C2c3cccc4c3[C@@H](CN4)C[C@H]21. The number of hydrogen-bond acceptors (Lipinski definition) is 3. The van der Waals surface area contributed by atoms with Crippen LogP contribution in [-0.4, -0.2) is 36.9 Å². The maximum atomic E-state index is 11.8. The van der Waals surface area contributed by atoms with Gasteiger partial charge in [-0.1, -0.05) is 12.1 Å². The molecule has 0 amide bonds. The molecule has 18 heavy (non-hydrogen) atoms. The number of anilines is 1. The third-order valence-electron chi connectivity index (χ3n) is 4.48. The van der Waals surface area contributed by atoms with Crippen molar-refractivity contribution < 1.29 is 4.79 Å². The summed E-state index contributed by atoms with van der Waals surface area (Å²) in [5.74, 6) is 0.833. The van der Waals surface area contributed by atoms with Gasteiger partial charge in [0.2, 0.25) is 0 Å². The summed E-state index contributed by atoms with van der Waals surface area (Å²) in [5.41, 5.74) is 5.21. The first-order valence-corrected chi connectivity index (χ1v) is 6.56. The van der Waals surface area contributed by atoms with Gasteiger partial charge in [0, 0.05) is 24.2 Å². The van der Waals surface area contributed by atoms with E-state index in [2.05, 4.69) is 35.5 Å². The van der Waals surface area contributed by atoms with E-state index in [0.29, 0.717) is 18.5 Å². The van der Waals surface area contributed by atoms with Gasteiger partial charge in [0.1, 0.15) is 0 Å². The van der Waals surface area contributed by atoms with E-state index in [-0.39, 0.29) is 5.78 Å². The molecule has 92 valence electrons. The largest absolute Gasteiger partial charge is 0.384 e. The molecule has 0 fully saturated rings. The second kappa shape index (κ2) is 3.45. The predicted molar refractivity (Wildman–Crippen MR) is 71.7 cm³/mol. The maximum Gasteiger partial charge on any atom is 0.170 e. The highest BCUT2D eigenvalue weighted by Crippen LogP contribution is 2.47. The molecule has 1 aliphatic carbocycles. The summed E-state index contributed by atoms with van der Waals surface area (Å²) in [6.45, 7) is 1.60. The Hall–Kier alpha value is -1.61. The normalized spacial score (nSPS) is 29.4. The van der Waals surface area contributed by atoms with Crippen LogP contribution in [0, 0.1) is 0 Å². The number of benzene rings is 1. The summed E-state index contributed by atoms with van der Waals surface area (Å²) in [6, 6.07) is 6.82. The molecular formula is C15H16N2O. The number of fused-ring (bicyclic) bond motifs is 2. The van der Waals surface area contributed by atoms with Crippen LogP contribution < -0.4 is 5.32 Å². The van der Waals surface area contributed by atoms with Crippen LogP contribution in [0.25, 0.3) is 5.57 Å². The molecule has 1 aromatic carbocycles. The molecule has 4 rings (SSSR count). The molecule has 3 nitrogen and oxygen atoms in total. The van der Waals surface area contributed by atoms with E-state index in [9.17, 15) is 4.79 Å².